The minimum absolute atomic E-state index is 0.118. The Labute approximate surface area is 135 Å². The molecule has 0 saturated carbocycles. The van der Waals surface area contributed by atoms with E-state index in [1.165, 1.54) is 18.2 Å². The fourth-order valence-electron chi connectivity index (χ4n) is 2.14. The zero-order chi connectivity index (χ0) is 17.3. The zero-order valence-electron chi connectivity index (χ0n) is 12.2. The highest BCUT2D eigenvalue weighted by Crippen LogP contribution is 2.40. The summed E-state index contributed by atoms with van der Waals surface area (Å²) in [5, 5.41) is 16.2. The van der Waals surface area contributed by atoms with E-state index in [0.717, 1.165) is 0 Å². The Morgan fingerprint density at radius 2 is 2.09 bits per heavy atom. The lowest BCUT2D eigenvalue weighted by molar-refractivity contribution is -0.294. The van der Waals surface area contributed by atoms with Crippen molar-refractivity contribution in [1.29, 1.82) is 0 Å². The molecule has 1 atom stereocenters. The van der Waals surface area contributed by atoms with Crippen LogP contribution in [0.25, 0.3) is 0 Å². The molecule has 4 nitrogen and oxygen atoms in total. The van der Waals surface area contributed by atoms with E-state index in [2.05, 4.69) is 10.4 Å². The second kappa shape index (κ2) is 6.40. The quantitative estimate of drug-likeness (QED) is 0.651. The molecule has 0 radical (unpaired) electrons. The van der Waals surface area contributed by atoms with Gasteiger partial charge in [0.15, 0.2) is 5.11 Å². The average molecular weight is 349 g/mol. The maximum atomic E-state index is 13.5. The van der Waals surface area contributed by atoms with Gasteiger partial charge in [-0.1, -0.05) is 25.1 Å². The predicted molar refractivity (Wildman–Crippen MR) is 81.0 cm³/mol. The lowest BCUT2D eigenvalue weighted by Crippen LogP contribution is -2.58. The molecule has 1 aromatic carbocycles. The van der Waals surface area contributed by atoms with E-state index < -0.39 is 29.3 Å². The maximum Gasteiger partial charge on any atom is 0.438 e. The molecule has 126 valence electrons. The first kappa shape index (κ1) is 17.6. The van der Waals surface area contributed by atoms with Crippen molar-refractivity contribution in [1.82, 2.24) is 10.3 Å². The van der Waals surface area contributed by atoms with Crippen molar-refractivity contribution >= 4 is 23.0 Å². The van der Waals surface area contributed by atoms with Crippen molar-refractivity contribution in [2.24, 2.45) is 5.10 Å². The highest BCUT2D eigenvalue weighted by molar-refractivity contribution is 7.80. The number of halogens is 4. The largest absolute Gasteiger partial charge is 0.438 e. The van der Waals surface area contributed by atoms with Gasteiger partial charge in [0.25, 0.3) is 5.72 Å². The van der Waals surface area contributed by atoms with E-state index >= 15 is 0 Å². The van der Waals surface area contributed by atoms with Crippen molar-refractivity contribution < 1.29 is 22.7 Å². The number of thiocarbonyl (C=S) groups is 1. The highest BCUT2D eigenvalue weighted by atomic mass is 32.1. The topological polar surface area (TPSA) is 47.9 Å². The Morgan fingerprint density at radius 1 is 1.43 bits per heavy atom. The van der Waals surface area contributed by atoms with E-state index in [4.69, 9.17) is 12.2 Å². The van der Waals surface area contributed by atoms with Crippen LogP contribution in [-0.4, -0.2) is 32.8 Å². The molecule has 2 N–H and O–H groups in total. The molecule has 1 heterocycles. The molecule has 0 bridgehead atoms. The van der Waals surface area contributed by atoms with E-state index in [-0.39, 0.29) is 24.2 Å². The molecule has 1 aliphatic heterocycles. The Hall–Kier alpha value is -1.74. The number of benzene rings is 1. The minimum Gasteiger partial charge on any atom is -0.362 e. The van der Waals surface area contributed by atoms with Crippen LogP contribution in [0.5, 0.6) is 0 Å². The number of nitrogens with zero attached hydrogens (tertiary/aromatic N) is 2. The van der Waals surface area contributed by atoms with Crippen LogP contribution < -0.4 is 5.32 Å². The summed E-state index contributed by atoms with van der Waals surface area (Å²) in [7, 11) is 0. The second-order valence-corrected chi connectivity index (χ2v) is 5.46. The minimum atomic E-state index is -4.93. The molecule has 0 amide bonds. The van der Waals surface area contributed by atoms with Gasteiger partial charge in [0, 0.05) is 24.2 Å². The Morgan fingerprint density at radius 3 is 2.65 bits per heavy atom. The van der Waals surface area contributed by atoms with Crippen LogP contribution in [0.3, 0.4) is 0 Å². The van der Waals surface area contributed by atoms with E-state index in [0.29, 0.717) is 5.01 Å². The lowest BCUT2D eigenvalue weighted by Gasteiger charge is -2.34. The molecule has 1 unspecified atom stereocenters. The lowest BCUT2D eigenvalue weighted by atomic mass is 10.1. The number of rotatable bonds is 3. The molecule has 9 heteroatoms. The fourth-order valence-corrected chi connectivity index (χ4v) is 2.40. The fraction of sp³-hybridized carbons (Fsp3) is 0.429. The van der Waals surface area contributed by atoms with E-state index in [9.17, 15) is 22.7 Å². The third-order valence-electron chi connectivity index (χ3n) is 3.48. The number of nitrogens with one attached hydrogen (secondary N) is 1. The molecule has 23 heavy (non-hydrogen) atoms. The molecular weight excluding hydrogens is 334 g/mol. The normalized spacial score (nSPS) is 21.3. The average Bonchev–Trinajstić information content (AvgIpc) is 2.84. The first-order valence-corrected chi connectivity index (χ1v) is 7.26. The van der Waals surface area contributed by atoms with Crippen molar-refractivity contribution in [2.45, 2.75) is 38.2 Å². The number of alkyl halides is 3. The summed E-state index contributed by atoms with van der Waals surface area (Å²) in [6.07, 6.45) is -5.35. The summed E-state index contributed by atoms with van der Waals surface area (Å²) in [5.41, 5.74) is -2.76. The number of hydrazone groups is 1. The second-order valence-electron chi connectivity index (χ2n) is 5.07. The van der Waals surface area contributed by atoms with Crippen molar-refractivity contribution in [3.63, 3.8) is 0 Å². The van der Waals surface area contributed by atoms with Gasteiger partial charge in [-0.2, -0.15) is 23.3 Å². The van der Waals surface area contributed by atoms with Gasteiger partial charge >= 0.3 is 6.18 Å². The first-order chi connectivity index (χ1) is 10.7. The number of aliphatic hydroxyl groups is 1. The van der Waals surface area contributed by atoms with Crippen LogP contribution in [0.15, 0.2) is 29.4 Å². The third kappa shape index (κ3) is 3.45. The molecule has 0 aromatic heterocycles. The SMILES string of the molecule is CCC1=NN(C(=S)NCc2ccccc2F)C(O)(C(F)(F)F)C1. The Balaban J connectivity index is 2.16. The summed E-state index contributed by atoms with van der Waals surface area (Å²) in [5.74, 6) is -0.506. The molecule has 0 saturated heterocycles. The first-order valence-electron chi connectivity index (χ1n) is 6.86. The van der Waals surface area contributed by atoms with Crippen LogP contribution in [0, 0.1) is 5.82 Å². The highest BCUT2D eigenvalue weighted by Gasteiger charge is 2.62. The van der Waals surface area contributed by atoms with Gasteiger partial charge < -0.3 is 10.4 Å². The Kier molecular flexibility index (Phi) is 4.90. The number of hydrogen-bond acceptors (Lipinski definition) is 3. The van der Waals surface area contributed by atoms with Crippen molar-refractivity contribution in [2.75, 3.05) is 0 Å². The molecule has 2 rings (SSSR count). The summed E-state index contributed by atoms with van der Waals surface area (Å²) >= 11 is 4.90. The van der Waals surface area contributed by atoms with Crippen molar-refractivity contribution in [3.05, 3.63) is 35.6 Å². The van der Waals surface area contributed by atoms with Crippen LogP contribution in [0.1, 0.15) is 25.3 Å². The molecule has 0 fully saturated rings. The molecule has 0 aliphatic carbocycles. The Bertz CT molecular complexity index is 635. The predicted octanol–water partition coefficient (Wildman–Crippen LogP) is 2.92. The summed E-state index contributed by atoms with van der Waals surface area (Å²) in [6.45, 7) is 1.52. The van der Waals surface area contributed by atoms with Crippen LogP contribution in [0.2, 0.25) is 0 Å². The van der Waals surface area contributed by atoms with Crippen LogP contribution in [0.4, 0.5) is 17.6 Å². The molecule has 1 aromatic rings. The van der Waals surface area contributed by atoms with Gasteiger partial charge in [-0.3, -0.25) is 0 Å². The van der Waals surface area contributed by atoms with Crippen molar-refractivity contribution in [3.8, 4) is 0 Å². The number of hydrogen-bond donors (Lipinski definition) is 2. The molecular formula is C14H15F4N3OS. The van der Waals surface area contributed by atoms with Gasteiger partial charge in [0.05, 0.1) is 0 Å². The third-order valence-corrected chi connectivity index (χ3v) is 3.80. The maximum absolute atomic E-state index is 13.5. The summed E-state index contributed by atoms with van der Waals surface area (Å²) in [6, 6.07) is 5.80. The van der Waals surface area contributed by atoms with Crippen LogP contribution >= 0.6 is 12.2 Å². The van der Waals surface area contributed by atoms with Gasteiger partial charge in [-0.15, -0.1) is 0 Å². The summed E-state index contributed by atoms with van der Waals surface area (Å²) < 4.78 is 53.1. The van der Waals surface area contributed by atoms with E-state index in [1.54, 1.807) is 13.0 Å². The van der Waals surface area contributed by atoms with Gasteiger partial charge in [-0.05, 0) is 24.7 Å². The van der Waals surface area contributed by atoms with Crippen LogP contribution in [-0.2, 0) is 6.54 Å². The smallest absolute Gasteiger partial charge is 0.362 e. The van der Waals surface area contributed by atoms with Gasteiger partial charge in [0.2, 0.25) is 0 Å². The monoisotopic (exact) mass is 349 g/mol. The summed E-state index contributed by atoms with van der Waals surface area (Å²) in [4.78, 5) is 0. The van der Waals surface area contributed by atoms with Gasteiger partial charge in [-0.25, -0.2) is 4.39 Å². The zero-order valence-corrected chi connectivity index (χ0v) is 13.0. The molecule has 0 spiro atoms. The van der Waals surface area contributed by atoms with Gasteiger partial charge in [0.1, 0.15) is 5.82 Å². The molecule has 1 aliphatic rings. The standard InChI is InChI=1S/C14H15F4N3OS/c1-2-10-7-13(22,14(16,17)18)21(20-10)12(23)19-8-9-5-3-4-6-11(9)15/h3-6,22H,2,7-8H2,1H3,(H,19,23). The van der Waals surface area contributed by atoms with E-state index in [1.807, 2.05) is 0 Å².